The Kier molecular flexibility index (Phi) is 7.19. The summed E-state index contributed by atoms with van der Waals surface area (Å²) in [5.74, 6) is 0.700. The molecule has 12 heteroatoms. The first kappa shape index (κ1) is 27.9. The molecule has 0 N–H and O–H groups in total. The summed E-state index contributed by atoms with van der Waals surface area (Å²) in [6, 6.07) is 14.3. The second-order valence-electron chi connectivity index (χ2n) is 9.77. The van der Waals surface area contributed by atoms with E-state index in [-0.39, 0.29) is 26.5 Å². The highest BCUT2D eigenvalue weighted by Gasteiger charge is 2.39. The van der Waals surface area contributed by atoms with E-state index in [1.165, 1.54) is 44.6 Å². The van der Waals surface area contributed by atoms with Crippen molar-refractivity contribution in [1.82, 2.24) is 14.9 Å². The Bertz CT molecular complexity index is 1840. The van der Waals surface area contributed by atoms with Crippen molar-refractivity contribution in [3.8, 4) is 22.6 Å². The van der Waals surface area contributed by atoms with Crippen LogP contribution >= 0.6 is 15.9 Å². The van der Waals surface area contributed by atoms with Gasteiger partial charge in [0.1, 0.15) is 0 Å². The van der Waals surface area contributed by atoms with Gasteiger partial charge in [0.25, 0.3) is 5.91 Å². The fourth-order valence-corrected chi connectivity index (χ4v) is 7.20. The predicted octanol–water partition coefficient (Wildman–Crippen LogP) is 4.26. The van der Waals surface area contributed by atoms with Crippen molar-refractivity contribution < 1.29 is 27.5 Å². The van der Waals surface area contributed by atoms with Gasteiger partial charge in [-0.25, -0.2) is 18.4 Å². The number of methoxy groups -OCH3 is 2. The van der Waals surface area contributed by atoms with Crippen LogP contribution in [0.1, 0.15) is 26.3 Å². The third-order valence-electron chi connectivity index (χ3n) is 7.46. The zero-order valence-electron chi connectivity index (χ0n) is 22.7. The standard InChI is InChI=1S/C30H25BrN4O6S/c1-40-23-9-7-18(14-24(23)41-2)19-6-8-21-26(15-19)42(38,39)25-5-3-4-22(27(25)28(21)36)29(37)34-10-12-35(13-11-34)30-32-16-20(31)17-33-30/h3-9,14-17H,10-13H2,1-2H3. The van der Waals surface area contributed by atoms with Crippen molar-refractivity contribution in [2.75, 3.05) is 45.3 Å². The van der Waals surface area contributed by atoms with Crippen LogP contribution in [0.4, 0.5) is 5.95 Å². The van der Waals surface area contributed by atoms with Gasteiger partial charge in [-0.05, 0) is 63.5 Å². The molecule has 0 atom stereocenters. The number of carbonyl (C=O) groups is 2. The zero-order chi connectivity index (χ0) is 29.6. The monoisotopic (exact) mass is 648 g/mol. The number of hydrogen-bond donors (Lipinski definition) is 0. The van der Waals surface area contributed by atoms with Crippen LogP contribution in [0.5, 0.6) is 11.5 Å². The molecule has 3 heterocycles. The Morgan fingerprint density at radius 2 is 1.52 bits per heavy atom. The number of anilines is 1. The molecule has 1 aromatic heterocycles. The molecular weight excluding hydrogens is 624 g/mol. The van der Waals surface area contributed by atoms with E-state index >= 15 is 0 Å². The Morgan fingerprint density at radius 3 is 2.21 bits per heavy atom. The summed E-state index contributed by atoms with van der Waals surface area (Å²) < 4.78 is 39.2. The first-order valence-electron chi connectivity index (χ1n) is 13.0. The summed E-state index contributed by atoms with van der Waals surface area (Å²) in [7, 11) is -1.05. The molecule has 0 saturated carbocycles. The fourth-order valence-electron chi connectivity index (χ4n) is 5.30. The van der Waals surface area contributed by atoms with E-state index in [2.05, 4.69) is 25.9 Å². The molecule has 0 aliphatic carbocycles. The van der Waals surface area contributed by atoms with E-state index < -0.39 is 21.5 Å². The molecule has 2 aliphatic heterocycles. The quantitative estimate of drug-likeness (QED) is 0.275. The average Bonchev–Trinajstić information content (AvgIpc) is 3.03. The van der Waals surface area contributed by atoms with Crippen LogP contribution in [0.25, 0.3) is 11.1 Å². The Labute approximate surface area is 251 Å². The van der Waals surface area contributed by atoms with Gasteiger partial charge in [-0.2, -0.15) is 0 Å². The van der Waals surface area contributed by atoms with E-state index in [0.717, 1.165) is 4.47 Å². The lowest BCUT2D eigenvalue weighted by molar-refractivity contribution is 0.0741. The maximum atomic E-state index is 13.9. The molecule has 10 nitrogen and oxygen atoms in total. The van der Waals surface area contributed by atoms with Crippen molar-refractivity contribution in [3.63, 3.8) is 0 Å². The number of aromatic nitrogens is 2. The fraction of sp³-hybridized carbons (Fsp3) is 0.200. The largest absolute Gasteiger partial charge is 0.493 e. The minimum atomic E-state index is -4.10. The first-order valence-corrected chi connectivity index (χ1v) is 15.3. The van der Waals surface area contributed by atoms with Gasteiger partial charge in [-0.15, -0.1) is 0 Å². The SMILES string of the molecule is COc1ccc(-c2ccc3c(c2)S(=O)(=O)c2cccc(C(=O)N4CCN(c5ncc(Br)cn5)CC4)c2C3=O)cc1OC. The van der Waals surface area contributed by atoms with Gasteiger partial charge in [-0.3, -0.25) is 9.59 Å². The number of sulfone groups is 1. The molecule has 6 rings (SSSR count). The van der Waals surface area contributed by atoms with E-state index in [0.29, 0.717) is 54.8 Å². The summed E-state index contributed by atoms with van der Waals surface area (Å²) in [6.07, 6.45) is 3.33. The van der Waals surface area contributed by atoms with E-state index in [9.17, 15) is 18.0 Å². The second-order valence-corrected chi connectivity index (χ2v) is 12.6. The average molecular weight is 650 g/mol. The minimum absolute atomic E-state index is 0.0317. The van der Waals surface area contributed by atoms with Gasteiger partial charge < -0.3 is 19.3 Å². The van der Waals surface area contributed by atoms with Crippen molar-refractivity contribution >= 4 is 43.4 Å². The van der Waals surface area contributed by atoms with Crippen molar-refractivity contribution in [2.24, 2.45) is 0 Å². The number of nitrogens with zero attached hydrogens (tertiary/aromatic N) is 4. The van der Waals surface area contributed by atoms with Crippen molar-refractivity contribution in [1.29, 1.82) is 0 Å². The van der Waals surface area contributed by atoms with Crippen LogP contribution < -0.4 is 14.4 Å². The minimum Gasteiger partial charge on any atom is -0.493 e. The molecule has 4 aromatic rings. The third-order valence-corrected chi connectivity index (χ3v) is 9.71. The maximum absolute atomic E-state index is 13.9. The smallest absolute Gasteiger partial charge is 0.254 e. The Hall–Kier alpha value is -4.29. The molecule has 214 valence electrons. The van der Waals surface area contributed by atoms with Crippen LogP contribution in [0.3, 0.4) is 0 Å². The molecule has 0 spiro atoms. The summed E-state index contributed by atoms with van der Waals surface area (Å²) in [4.78, 5) is 39.4. The van der Waals surface area contributed by atoms with Crippen LogP contribution in [-0.4, -0.2) is 75.4 Å². The van der Waals surface area contributed by atoms with Crippen LogP contribution in [0, 0.1) is 0 Å². The molecule has 1 saturated heterocycles. The normalized spacial score (nSPS) is 15.5. The molecule has 0 unspecified atom stereocenters. The number of ketones is 1. The first-order chi connectivity index (χ1) is 20.2. The number of halogens is 1. The predicted molar refractivity (Wildman–Crippen MR) is 158 cm³/mol. The molecule has 3 aromatic carbocycles. The Balaban J connectivity index is 1.31. The number of amides is 1. The molecule has 0 bridgehead atoms. The molecule has 1 amide bonds. The lowest BCUT2D eigenvalue weighted by Gasteiger charge is -2.35. The maximum Gasteiger partial charge on any atom is 0.254 e. The number of fused-ring (bicyclic) bond motifs is 2. The number of piperazine rings is 1. The summed E-state index contributed by atoms with van der Waals surface area (Å²) in [5, 5.41) is 0. The topological polar surface area (TPSA) is 119 Å². The molecule has 2 aliphatic rings. The second kappa shape index (κ2) is 10.8. The van der Waals surface area contributed by atoms with Gasteiger partial charge >= 0.3 is 0 Å². The van der Waals surface area contributed by atoms with Gasteiger partial charge in [0.05, 0.1) is 39.6 Å². The number of benzene rings is 3. The summed E-state index contributed by atoms with van der Waals surface area (Å²) in [6.45, 7) is 1.73. The van der Waals surface area contributed by atoms with E-state index in [1.807, 2.05) is 4.90 Å². The highest BCUT2D eigenvalue weighted by atomic mass is 79.9. The van der Waals surface area contributed by atoms with Gasteiger partial charge in [0.15, 0.2) is 17.3 Å². The molecule has 0 radical (unpaired) electrons. The molecular formula is C30H25BrN4O6S. The third kappa shape index (κ3) is 4.70. The van der Waals surface area contributed by atoms with Gasteiger partial charge in [0, 0.05) is 44.1 Å². The highest BCUT2D eigenvalue weighted by molar-refractivity contribution is 9.10. The zero-order valence-corrected chi connectivity index (χ0v) is 25.1. The van der Waals surface area contributed by atoms with Crippen LogP contribution in [0.2, 0.25) is 0 Å². The highest BCUT2D eigenvalue weighted by Crippen LogP contribution is 2.40. The lowest BCUT2D eigenvalue weighted by atomic mass is 9.95. The lowest BCUT2D eigenvalue weighted by Crippen LogP contribution is -2.49. The number of hydrogen-bond acceptors (Lipinski definition) is 9. The number of carbonyl (C=O) groups excluding carboxylic acids is 2. The van der Waals surface area contributed by atoms with Crippen LogP contribution in [0.15, 0.2) is 81.3 Å². The van der Waals surface area contributed by atoms with Gasteiger partial charge in [0.2, 0.25) is 15.8 Å². The number of ether oxygens (including phenoxy) is 2. The number of rotatable bonds is 5. The van der Waals surface area contributed by atoms with E-state index in [1.54, 1.807) is 41.6 Å². The Morgan fingerprint density at radius 1 is 0.857 bits per heavy atom. The van der Waals surface area contributed by atoms with Crippen molar-refractivity contribution in [3.05, 3.63) is 88.2 Å². The van der Waals surface area contributed by atoms with Crippen LogP contribution in [-0.2, 0) is 9.84 Å². The molecule has 1 fully saturated rings. The van der Waals surface area contributed by atoms with Gasteiger partial charge in [-0.1, -0.05) is 18.2 Å². The van der Waals surface area contributed by atoms with Crippen molar-refractivity contribution in [2.45, 2.75) is 9.79 Å². The molecule has 42 heavy (non-hydrogen) atoms. The van der Waals surface area contributed by atoms with E-state index in [4.69, 9.17) is 9.47 Å². The summed E-state index contributed by atoms with van der Waals surface area (Å²) >= 11 is 3.33. The summed E-state index contributed by atoms with van der Waals surface area (Å²) in [5.41, 5.74) is 1.30.